The second-order valence-corrected chi connectivity index (χ2v) is 6.07. The van der Waals surface area contributed by atoms with Gasteiger partial charge in [0.1, 0.15) is 9.30 Å². The highest BCUT2D eigenvalue weighted by atomic mass is 127. The predicted molar refractivity (Wildman–Crippen MR) is 79.5 cm³/mol. The van der Waals surface area contributed by atoms with Gasteiger partial charge in [-0.25, -0.2) is 4.79 Å². The molecule has 1 heterocycles. The molecular formula is C13H13IN2O3. The molecule has 0 aliphatic heterocycles. The van der Waals surface area contributed by atoms with E-state index in [-0.39, 0.29) is 0 Å². The number of fused-ring (bicyclic) bond motifs is 1. The summed E-state index contributed by atoms with van der Waals surface area (Å²) in [5.74, 6) is 0. The van der Waals surface area contributed by atoms with Crippen molar-refractivity contribution in [1.29, 1.82) is 0 Å². The smallest absolute Gasteiger partial charge is 0.435 e. The van der Waals surface area contributed by atoms with Gasteiger partial charge in [-0.15, -0.1) is 0 Å². The molecule has 1 aromatic carbocycles. The number of ether oxygens (including phenoxy) is 1. The maximum absolute atomic E-state index is 12.1. The second kappa shape index (κ2) is 4.92. The van der Waals surface area contributed by atoms with Crippen molar-refractivity contribution in [3.8, 4) is 0 Å². The number of nitrogens with zero attached hydrogens (tertiary/aromatic N) is 2. The Morgan fingerprint density at radius 3 is 2.68 bits per heavy atom. The van der Waals surface area contributed by atoms with Crippen LogP contribution in [0.15, 0.2) is 18.2 Å². The number of aldehydes is 1. The zero-order valence-electron chi connectivity index (χ0n) is 10.8. The molecule has 2 aromatic rings. The van der Waals surface area contributed by atoms with Gasteiger partial charge >= 0.3 is 6.09 Å². The number of carbonyl (C=O) groups excluding carboxylic acids is 2. The van der Waals surface area contributed by atoms with Crippen LogP contribution in [0, 0.1) is 3.70 Å². The Bertz CT molecular complexity index is 656. The van der Waals surface area contributed by atoms with Crippen LogP contribution in [0.5, 0.6) is 0 Å². The monoisotopic (exact) mass is 372 g/mol. The number of benzene rings is 1. The first kappa shape index (κ1) is 14.0. The third-order valence-electron chi connectivity index (χ3n) is 2.38. The van der Waals surface area contributed by atoms with Crippen molar-refractivity contribution in [2.45, 2.75) is 26.4 Å². The van der Waals surface area contributed by atoms with Gasteiger partial charge in [-0.05, 0) is 49.4 Å². The molecule has 2 rings (SSSR count). The van der Waals surface area contributed by atoms with Crippen molar-refractivity contribution in [3.05, 3.63) is 27.5 Å². The third-order valence-corrected chi connectivity index (χ3v) is 3.18. The molecule has 0 radical (unpaired) electrons. The number of para-hydroxylation sites is 1. The first-order valence-electron chi connectivity index (χ1n) is 5.69. The Balaban J connectivity index is 2.61. The summed E-state index contributed by atoms with van der Waals surface area (Å²) < 4.78 is 7.09. The number of aromatic nitrogens is 2. The molecule has 0 amide bonds. The molecule has 0 saturated heterocycles. The van der Waals surface area contributed by atoms with Crippen molar-refractivity contribution in [2.24, 2.45) is 0 Å². The van der Waals surface area contributed by atoms with Crippen LogP contribution in [0.3, 0.4) is 0 Å². The van der Waals surface area contributed by atoms with E-state index in [1.807, 2.05) is 28.7 Å². The minimum Gasteiger partial charge on any atom is -0.442 e. The minimum absolute atomic E-state index is 0.416. The molecule has 0 aliphatic carbocycles. The first-order valence-corrected chi connectivity index (χ1v) is 6.77. The van der Waals surface area contributed by atoms with Gasteiger partial charge in [0, 0.05) is 10.9 Å². The normalized spacial score (nSPS) is 11.6. The van der Waals surface area contributed by atoms with Crippen LogP contribution >= 0.6 is 22.6 Å². The van der Waals surface area contributed by atoms with Crippen molar-refractivity contribution in [1.82, 2.24) is 9.78 Å². The van der Waals surface area contributed by atoms with Crippen LogP contribution in [0.25, 0.3) is 10.9 Å². The van der Waals surface area contributed by atoms with Gasteiger partial charge in [-0.1, -0.05) is 12.1 Å². The Hall–Kier alpha value is -1.44. The van der Waals surface area contributed by atoms with E-state index in [1.54, 1.807) is 32.9 Å². The summed E-state index contributed by atoms with van der Waals surface area (Å²) >= 11 is 2.03. The molecule has 6 heteroatoms. The van der Waals surface area contributed by atoms with Gasteiger partial charge in [0.05, 0.1) is 5.52 Å². The van der Waals surface area contributed by atoms with E-state index < -0.39 is 11.7 Å². The summed E-state index contributed by atoms with van der Waals surface area (Å²) in [5.41, 5.74) is 0.284. The van der Waals surface area contributed by atoms with Crippen molar-refractivity contribution < 1.29 is 14.3 Å². The van der Waals surface area contributed by atoms with E-state index in [2.05, 4.69) is 5.10 Å². The summed E-state index contributed by atoms with van der Waals surface area (Å²) in [6.07, 6.45) is 0.121. The number of rotatable bonds is 1. The van der Waals surface area contributed by atoms with Gasteiger partial charge in [0.2, 0.25) is 0 Å². The fourth-order valence-electron chi connectivity index (χ4n) is 1.69. The first-order chi connectivity index (χ1) is 8.83. The van der Waals surface area contributed by atoms with Gasteiger partial charge in [-0.2, -0.15) is 9.78 Å². The molecule has 0 spiro atoms. The molecule has 0 aliphatic rings. The van der Waals surface area contributed by atoms with Crippen LogP contribution in [0.4, 0.5) is 4.79 Å². The van der Waals surface area contributed by atoms with E-state index in [9.17, 15) is 9.59 Å². The fraction of sp³-hybridized carbons (Fsp3) is 0.308. The van der Waals surface area contributed by atoms with E-state index in [1.165, 1.54) is 0 Å². The molecule has 0 atom stereocenters. The predicted octanol–water partition coefficient (Wildman–Crippen LogP) is 3.24. The van der Waals surface area contributed by atoms with Crippen molar-refractivity contribution in [3.63, 3.8) is 0 Å². The molecule has 0 unspecified atom stereocenters. The average Bonchev–Trinajstić information content (AvgIpc) is 2.65. The summed E-state index contributed by atoms with van der Waals surface area (Å²) in [5, 5.41) is 4.91. The zero-order valence-corrected chi connectivity index (χ0v) is 13.0. The van der Waals surface area contributed by atoms with Gasteiger partial charge < -0.3 is 4.74 Å². The molecule has 5 nitrogen and oxygen atoms in total. The van der Waals surface area contributed by atoms with Crippen LogP contribution in [0.1, 0.15) is 31.1 Å². The average molecular weight is 372 g/mol. The fourth-order valence-corrected chi connectivity index (χ4v) is 2.34. The van der Waals surface area contributed by atoms with Crippen molar-refractivity contribution >= 4 is 45.9 Å². The Labute approximate surface area is 124 Å². The van der Waals surface area contributed by atoms with E-state index >= 15 is 0 Å². The maximum Gasteiger partial charge on any atom is 0.435 e. The molecular weight excluding hydrogens is 359 g/mol. The quantitative estimate of drug-likeness (QED) is 0.570. The number of halogens is 1. The number of hydrogen-bond acceptors (Lipinski definition) is 4. The zero-order chi connectivity index (χ0) is 14.2. The van der Waals surface area contributed by atoms with E-state index in [0.717, 1.165) is 10.1 Å². The maximum atomic E-state index is 12.1. The number of carbonyl (C=O) groups is 2. The van der Waals surface area contributed by atoms with E-state index in [4.69, 9.17) is 4.74 Å². The van der Waals surface area contributed by atoms with Crippen LogP contribution < -0.4 is 0 Å². The lowest BCUT2D eigenvalue weighted by atomic mass is 10.1. The molecule has 0 bridgehead atoms. The lowest BCUT2D eigenvalue weighted by Gasteiger charge is -2.19. The highest BCUT2D eigenvalue weighted by Gasteiger charge is 2.22. The summed E-state index contributed by atoms with van der Waals surface area (Å²) in [4.78, 5) is 23.2. The summed E-state index contributed by atoms with van der Waals surface area (Å²) in [7, 11) is 0. The molecule has 0 N–H and O–H groups in total. The molecule has 0 fully saturated rings. The standard InChI is InChI=1S/C13H13IN2O3/c1-13(2,3)19-12(18)16-10-8(7-17)5-4-6-9(10)11(14)15-16/h4-7H,1-3H3. The van der Waals surface area contributed by atoms with E-state index in [0.29, 0.717) is 21.1 Å². The molecule has 0 saturated carbocycles. The molecule has 1 aromatic heterocycles. The SMILES string of the molecule is CC(C)(C)OC(=O)n1nc(I)c2cccc(C=O)c21. The minimum atomic E-state index is -0.614. The van der Waals surface area contributed by atoms with Gasteiger partial charge in [-0.3, -0.25) is 4.79 Å². The summed E-state index contributed by atoms with van der Waals surface area (Å²) in [6, 6.07) is 5.22. The molecule has 100 valence electrons. The van der Waals surface area contributed by atoms with Crippen LogP contribution in [-0.2, 0) is 4.74 Å². The van der Waals surface area contributed by atoms with Crippen LogP contribution in [-0.4, -0.2) is 27.8 Å². The number of hydrogen-bond donors (Lipinski definition) is 0. The Morgan fingerprint density at radius 2 is 2.11 bits per heavy atom. The molecule has 19 heavy (non-hydrogen) atoms. The van der Waals surface area contributed by atoms with Crippen LogP contribution in [0.2, 0.25) is 0 Å². The summed E-state index contributed by atoms with van der Waals surface area (Å²) in [6.45, 7) is 5.34. The lowest BCUT2D eigenvalue weighted by Crippen LogP contribution is -2.28. The highest BCUT2D eigenvalue weighted by molar-refractivity contribution is 14.1. The largest absolute Gasteiger partial charge is 0.442 e. The Morgan fingerprint density at radius 1 is 1.42 bits per heavy atom. The lowest BCUT2D eigenvalue weighted by molar-refractivity contribution is 0.0522. The van der Waals surface area contributed by atoms with Gasteiger partial charge in [0.15, 0.2) is 6.29 Å². The second-order valence-electron chi connectivity index (χ2n) is 5.04. The van der Waals surface area contributed by atoms with Crippen molar-refractivity contribution in [2.75, 3.05) is 0 Å². The third kappa shape index (κ3) is 2.78. The topological polar surface area (TPSA) is 61.2 Å². The Kier molecular flexibility index (Phi) is 3.62. The highest BCUT2D eigenvalue weighted by Crippen LogP contribution is 2.23. The van der Waals surface area contributed by atoms with Gasteiger partial charge in [0.25, 0.3) is 0 Å².